The van der Waals surface area contributed by atoms with E-state index in [9.17, 15) is 0 Å². The van der Waals surface area contributed by atoms with Gasteiger partial charge in [0.05, 0.1) is 0 Å². The number of hydrogen-bond donors (Lipinski definition) is 1. The molecule has 1 aliphatic carbocycles. The minimum absolute atomic E-state index is 0.300. The van der Waals surface area contributed by atoms with Crippen LogP contribution >= 0.6 is 0 Å². The number of aliphatic hydroxyl groups is 1. The molecule has 1 saturated carbocycles. The van der Waals surface area contributed by atoms with Crippen molar-refractivity contribution in [3.63, 3.8) is 0 Å². The summed E-state index contributed by atoms with van der Waals surface area (Å²) in [7, 11) is 0. The van der Waals surface area contributed by atoms with E-state index in [1.807, 2.05) is 0 Å². The molecule has 1 heteroatoms. The zero-order chi connectivity index (χ0) is 5.33. The van der Waals surface area contributed by atoms with Crippen LogP contribution in [0.2, 0.25) is 0 Å². The Labute approximate surface area is 44.4 Å². The molecule has 1 fully saturated rings. The summed E-state index contributed by atoms with van der Waals surface area (Å²) in [6, 6.07) is 0. The van der Waals surface area contributed by atoms with Crippen molar-refractivity contribution in [2.24, 2.45) is 5.41 Å². The standard InChI is InChI=1S/C6H11O/c1-6(2-3-6)4-5-7/h7H,1-5H2. The smallest absolute Gasteiger partial charge is 0.0436 e. The van der Waals surface area contributed by atoms with Crippen molar-refractivity contribution >= 4 is 0 Å². The second-order valence-corrected chi connectivity index (χ2v) is 2.47. The maximum absolute atomic E-state index is 8.40. The highest BCUT2D eigenvalue weighted by Gasteiger charge is 2.36. The van der Waals surface area contributed by atoms with Crippen molar-refractivity contribution in [1.29, 1.82) is 0 Å². The van der Waals surface area contributed by atoms with E-state index in [2.05, 4.69) is 6.92 Å². The lowest BCUT2D eigenvalue weighted by Crippen LogP contribution is -1.95. The molecule has 0 atom stereocenters. The summed E-state index contributed by atoms with van der Waals surface area (Å²) < 4.78 is 0. The third-order valence-electron chi connectivity index (χ3n) is 1.60. The average molecular weight is 99.2 g/mol. The third kappa shape index (κ3) is 1.16. The Hall–Kier alpha value is -0.0400. The first-order chi connectivity index (χ1) is 3.27. The van der Waals surface area contributed by atoms with E-state index in [4.69, 9.17) is 5.11 Å². The Morgan fingerprint density at radius 1 is 1.57 bits per heavy atom. The molecule has 1 N–H and O–H groups in total. The molecule has 41 valence electrons. The molecule has 0 heterocycles. The quantitative estimate of drug-likeness (QED) is 0.547. The fourth-order valence-corrected chi connectivity index (χ4v) is 0.664. The highest BCUT2D eigenvalue weighted by atomic mass is 16.3. The van der Waals surface area contributed by atoms with Crippen molar-refractivity contribution in [1.82, 2.24) is 0 Å². The number of aliphatic hydroxyl groups excluding tert-OH is 1. The van der Waals surface area contributed by atoms with E-state index < -0.39 is 0 Å². The Morgan fingerprint density at radius 3 is 2.29 bits per heavy atom. The highest BCUT2D eigenvalue weighted by molar-refractivity contribution is 4.94. The van der Waals surface area contributed by atoms with Crippen molar-refractivity contribution in [2.45, 2.75) is 19.3 Å². The monoisotopic (exact) mass is 99.1 g/mol. The normalized spacial score (nSPS) is 24.9. The van der Waals surface area contributed by atoms with Crippen molar-refractivity contribution in [3.8, 4) is 0 Å². The lowest BCUT2D eigenvalue weighted by Gasteiger charge is -2.00. The van der Waals surface area contributed by atoms with Crippen LogP contribution in [0.4, 0.5) is 0 Å². The maximum Gasteiger partial charge on any atom is 0.0436 e. The Bertz CT molecular complexity index is 64.6. The molecule has 1 nitrogen and oxygen atoms in total. The van der Waals surface area contributed by atoms with Gasteiger partial charge in [-0.1, -0.05) is 0 Å². The zero-order valence-electron chi connectivity index (χ0n) is 4.48. The molecule has 0 spiro atoms. The molecule has 0 aromatic carbocycles. The molecule has 0 bridgehead atoms. The summed E-state index contributed by atoms with van der Waals surface area (Å²) in [5, 5.41) is 8.40. The van der Waals surface area contributed by atoms with Gasteiger partial charge in [-0.25, -0.2) is 0 Å². The van der Waals surface area contributed by atoms with Crippen molar-refractivity contribution in [2.75, 3.05) is 6.61 Å². The Kier molecular flexibility index (Phi) is 1.08. The topological polar surface area (TPSA) is 20.2 Å². The van der Waals surface area contributed by atoms with Gasteiger partial charge in [0.25, 0.3) is 0 Å². The van der Waals surface area contributed by atoms with Crippen LogP contribution in [0.5, 0.6) is 0 Å². The van der Waals surface area contributed by atoms with Crippen LogP contribution in [0.1, 0.15) is 19.3 Å². The lowest BCUT2D eigenvalue weighted by atomic mass is 10.1. The molecule has 0 saturated heterocycles. The van der Waals surface area contributed by atoms with Gasteiger partial charge in [-0.2, -0.15) is 0 Å². The van der Waals surface area contributed by atoms with Crippen LogP contribution in [-0.2, 0) is 0 Å². The summed E-state index contributed by atoms with van der Waals surface area (Å²) in [5.74, 6) is 0. The van der Waals surface area contributed by atoms with Gasteiger partial charge >= 0.3 is 0 Å². The summed E-state index contributed by atoms with van der Waals surface area (Å²) in [5.41, 5.74) is 0.300. The predicted molar refractivity (Wildman–Crippen MR) is 28.7 cm³/mol. The van der Waals surface area contributed by atoms with E-state index >= 15 is 0 Å². The SMILES string of the molecule is [CH2]C1(CCO)CC1. The fraction of sp³-hybridized carbons (Fsp3) is 0.833. The second kappa shape index (κ2) is 1.48. The van der Waals surface area contributed by atoms with Crippen LogP contribution in [0.25, 0.3) is 0 Å². The van der Waals surface area contributed by atoms with Crippen LogP contribution < -0.4 is 0 Å². The largest absolute Gasteiger partial charge is 0.396 e. The van der Waals surface area contributed by atoms with Gasteiger partial charge in [0, 0.05) is 6.61 Å². The summed E-state index contributed by atoms with van der Waals surface area (Å²) in [6.07, 6.45) is 3.33. The molecule has 0 aromatic heterocycles. The number of rotatable bonds is 2. The molecule has 1 radical (unpaired) electrons. The second-order valence-electron chi connectivity index (χ2n) is 2.47. The van der Waals surface area contributed by atoms with Gasteiger partial charge in [-0.15, -0.1) is 0 Å². The van der Waals surface area contributed by atoms with Crippen LogP contribution in [0.3, 0.4) is 0 Å². The summed E-state index contributed by atoms with van der Waals surface area (Å²) in [4.78, 5) is 0. The molecule has 1 aliphatic rings. The van der Waals surface area contributed by atoms with Crippen molar-refractivity contribution in [3.05, 3.63) is 6.92 Å². The summed E-state index contributed by atoms with van der Waals surface area (Å²) in [6.45, 7) is 4.22. The molecule has 0 unspecified atom stereocenters. The Balaban J connectivity index is 2.13. The molecule has 0 amide bonds. The van der Waals surface area contributed by atoms with Gasteiger partial charge < -0.3 is 5.11 Å². The van der Waals surface area contributed by atoms with E-state index in [1.165, 1.54) is 12.8 Å². The van der Waals surface area contributed by atoms with E-state index in [0.717, 1.165) is 6.42 Å². The first-order valence-electron chi connectivity index (χ1n) is 2.73. The summed E-state index contributed by atoms with van der Waals surface area (Å²) >= 11 is 0. The highest BCUT2D eigenvalue weighted by Crippen LogP contribution is 2.47. The molecular weight excluding hydrogens is 88.1 g/mol. The minimum Gasteiger partial charge on any atom is -0.396 e. The molecule has 7 heavy (non-hydrogen) atoms. The van der Waals surface area contributed by atoms with Crippen LogP contribution in [-0.4, -0.2) is 11.7 Å². The van der Waals surface area contributed by atoms with Crippen LogP contribution in [0.15, 0.2) is 0 Å². The fourth-order valence-electron chi connectivity index (χ4n) is 0.664. The third-order valence-corrected chi connectivity index (χ3v) is 1.60. The van der Waals surface area contributed by atoms with Gasteiger partial charge in [-0.3, -0.25) is 0 Å². The predicted octanol–water partition coefficient (Wildman–Crippen LogP) is 0.983. The first-order valence-corrected chi connectivity index (χ1v) is 2.73. The average Bonchev–Trinajstić information content (AvgIpc) is 2.22. The van der Waals surface area contributed by atoms with Gasteiger partial charge in [-0.05, 0) is 31.6 Å². The first kappa shape index (κ1) is 5.10. The van der Waals surface area contributed by atoms with E-state index in [-0.39, 0.29) is 0 Å². The Morgan fingerprint density at radius 2 is 2.14 bits per heavy atom. The molecule has 1 rings (SSSR count). The minimum atomic E-state index is 0.300. The molecular formula is C6H11O. The van der Waals surface area contributed by atoms with E-state index in [0.29, 0.717) is 12.0 Å². The molecule has 0 aromatic rings. The van der Waals surface area contributed by atoms with Gasteiger partial charge in [0.15, 0.2) is 0 Å². The number of hydrogen-bond acceptors (Lipinski definition) is 1. The van der Waals surface area contributed by atoms with Crippen LogP contribution in [0, 0.1) is 12.3 Å². The van der Waals surface area contributed by atoms with Crippen molar-refractivity contribution < 1.29 is 5.11 Å². The van der Waals surface area contributed by atoms with Gasteiger partial charge in [0.1, 0.15) is 0 Å². The van der Waals surface area contributed by atoms with E-state index in [1.54, 1.807) is 0 Å². The molecule has 0 aliphatic heterocycles. The van der Waals surface area contributed by atoms with Gasteiger partial charge in [0.2, 0.25) is 0 Å². The zero-order valence-corrected chi connectivity index (χ0v) is 4.48. The maximum atomic E-state index is 8.40. The lowest BCUT2D eigenvalue weighted by molar-refractivity contribution is 0.264.